The van der Waals surface area contributed by atoms with Gasteiger partial charge in [-0.15, -0.1) is 0 Å². The summed E-state index contributed by atoms with van der Waals surface area (Å²) in [6.07, 6.45) is 5.69. The predicted octanol–water partition coefficient (Wildman–Crippen LogP) is 1.27. The Balaban J connectivity index is 2.95. The molecule has 1 aromatic rings. The highest BCUT2D eigenvalue weighted by atomic mass is 14.0. The van der Waals surface area contributed by atoms with Gasteiger partial charge in [0.05, 0.1) is 0 Å². The van der Waals surface area contributed by atoms with Crippen LogP contribution in [0, 0.1) is 13.8 Å². The summed E-state index contributed by atoms with van der Waals surface area (Å²) in [6.45, 7) is 4.37. The topological polar surface area (TPSA) is 0 Å². The van der Waals surface area contributed by atoms with Crippen LogP contribution in [-0.2, 0) is 0 Å². The van der Waals surface area contributed by atoms with Gasteiger partial charge in [-0.2, -0.15) is 0 Å². The van der Waals surface area contributed by atoms with Crippen LogP contribution in [0.4, 0.5) is 0 Å². The standard InChI is InChI=1S/C11H12/c1-8-6-7-10-4-3-5-11(10)9(8)2/h4-7H,3H2,1-2H3. The lowest BCUT2D eigenvalue weighted by Gasteiger charge is -1.98. The molecule has 0 N–H and O–H groups in total. The number of aryl methyl sites for hydroxylation is 1. The highest BCUT2D eigenvalue weighted by molar-refractivity contribution is 5.49. The molecule has 0 heterocycles. The maximum Gasteiger partial charge on any atom is -0.0151 e. The van der Waals surface area contributed by atoms with E-state index in [1.54, 1.807) is 0 Å². The van der Waals surface area contributed by atoms with Crippen molar-refractivity contribution >= 4 is 12.2 Å². The third kappa shape index (κ3) is 0.900. The molecule has 56 valence electrons. The molecule has 0 saturated carbocycles. The minimum absolute atomic E-state index is 1.11. The van der Waals surface area contributed by atoms with Crippen LogP contribution in [0.3, 0.4) is 0 Å². The quantitative estimate of drug-likeness (QED) is 0.514. The van der Waals surface area contributed by atoms with E-state index >= 15 is 0 Å². The van der Waals surface area contributed by atoms with Crippen molar-refractivity contribution in [2.75, 3.05) is 0 Å². The van der Waals surface area contributed by atoms with Crippen molar-refractivity contribution in [2.24, 2.45) is 0 Å². The second-order valence-corrected chi connectivity index (χ2v) is 3.15. The molecule has 0 unspecified atom stereocenters. The van der Waals surface area contributed by atoms with Crippen molar-refractivity contribution in [3.63, 3.8) is 0 Å². The van der Waals surface area contributed by atoms with Crippen LogP contribution in [0.5, 0.6) is 0 Å². The van der Waals surface area contributed by atoms with Gasteiger partial charge in [0.25, 0.3) is 0 Å². The first kappa shape index (κ1) is 6.66. The molecule has 0 aliphatic heterocycles. The van der Waals surface area contributed by atoms with Crippen LogP contribution >= 0.6 is 0 Å². The van der Waals surface area contributed by atoms with Crippen molar-refractivity contribution < 1.29 is 0 Å². The Morgan fingerprint density at radius 2 is 1.91 bits per heavy atom. The maximum atomic E-state index is 2.30. The summed E-state index contributed by atoms with van der Waals surface area (Å²) in [7, 11) is 0. The normalized spacial score (nSPS) is 13.6. The third-order valence-electron chi connectivity index (χ3n) is 2.48. The molecule has 2 rings (SSSR count). The lowest BCUT2D eigenvalue weighted by Crippen LogP contribution is -2.24. The van der Waals surface area contributed by atoms with E-state index in [9.17, 15) is 0 Å². The Morgan fingerprint density at radius 3 is 2.73 bits per heavy atom. The zero-order valence-electron chi connectivity index (χ0n) is 7.02. The number of rotatable bonds is 0. The number of benzene rings is 1. The molecule has 1 aliphatic rings. The molecular formula is C11H12. The molecule has 0 aromatic heterocycles. The van der Waals surface area contributed by atoms with E-state index in [1.807, 2.05) is 0 Å². The fourth-order valence-electron chi connectivity index (χ4n) is 1.61. The van der Waals surface area contributed by atoms with Crippen molar-refractivity contribution in [1.82, 2.24) is 0 Å². The van der Waals surface area contributed by atoms with Crippen LogP contribution in [0.1, 0.15) is 17.5 Å². The molecule has 0 nitrogen and oxygen atoms in total. The first-order valence-corrected chi connectivity index (χ1v) is 4.05. The summed E-state index contributed by atoms with van der Waals surface area (Å²) in [5.74, 6) is 0. The molecule has 0 radical (unpaired) electrons. The molecule has 0 atom stereocenters. The first-order valence-electron chi connectivity index (χ1n) is 4.05. The minimum atomic E-state index is 1.11. The van der Waals surface area contributed by atoms with Crippen LogP contribution in [0.2, 0.25) is 0 Å². The van der Waals surface area contributed by atoms with E-state index in [2.05, 4.69) is 38.1 Å². The van der Waals surface area contributed by atoms with Gasteiger partial charge in [0.1, 0.15) is 0 Å². The van der Waals surface area contributed by atoms with Crippen molar-refractivity contribution in [1.29, 1.82) is 0 Å². The number of fused-ring (bicyclic) bond motifs is 1. The van der Waals surface area contributed by atoms with Gasteiger partial charge in [0.2, 0.25) is 0 Å². The highest BCUT2D eigenvalue weighted by Crippen LogP contribution is 1.99. The number of hydrogen-bond acceptors (Lipinski definition) is 0. The maximum absolute atomic E-state index is 2.30. The second kappa shape index (κ2) is 2.23. The molecule has 0 spiro atoms. The molecule has 0 bridgehead atoms. The van der Waals surface area contributed by atoms with Crippen molar-refractivity contribution in [3.05, 3.63) is 33.7 Å². The van der Waals surface area contributed by atoms with Crippen molar-refractivity contribution in [2.45, 2.75) is 20.3 Å². The Hall–Kier alpha value is -1.04. The first-order chi connectivity index (χ1) is 5.29. The molecule has 0 fully saturated rings. The molecule has 0 heteroatoms. The Kier molecular flexibility index (Phi) is 1.35. The van der Waals surface area contributed by atoms with Gasteiger partial charge in [-0.25, -0.2) is 0 Å². The largest absolute Gasteiger partial charge is 0.0728 e. The highest BCUT2D eigenvalue weighted by Gasteiger charge is 1.98. The smallest absolute Gasteiger partial charge is 0.0151 e. The van der Waals surface area contributed by atoms with E-state index < -0.39 is 0 Å². The van der Waals surface area contributed by atoms with E-state index in [0.29, 0.717) is 0 Å². The monoisotopic (exact) mass is 144 g/mol. The van der Waals surface area contributed by atoms with Gasteiger partial charge in [-0.3, -0.25) is 0 Å². The summed E-state index contributed by atoms with van der Waals surface area (Å²) < 4.78 is 0. The Morgan fingerprint density at radius 1 is 1.09 bits per heavy atom. The van der Waals surface area contributed by atoms with Gasteiger partial charge >= 0.3 is 0 Å². The van der Waals surface area contributed by atoms with Crippen LogP contribution in [0.15, 0.2) is 12.1 Å². The summed E-state index contributed by atoms with van der Waals surface area (Å²) in [6, 6.07) is 4.41. The Bertz CT molecular complexity index is 397. The molecule has 1 aliphatic carbocycles. The summed E-state index contributed by atoms with van der Waals surface area (Å²) in [5.41, 5.74) is 2.84. The zero-order valence-corrected chi connectivity index (χ0v) is 7.02. The predicted molar refractivity (Wildman–Crippen MR) is 48.7 cm³/mol. The average molecular weight is 144 g/mol. The van der Waals surface area contributed by atoms with Crippen LogP contribution < -0.4 is 10.4 Å². The van der Waals surface area contributed by atoms with Crippen molar-refractivity contribution in [3.8, 4) is 0 Å². The molecule has 0 saturated heterocycles. The van der Waals surface area contributed by atoms with Crippen LogP contribution in [-0.4, -0.2) is 0 Å². The lowest BCUT2D eigenvalue weighted by atomic mass is 10.1. The fraction of sp³-hybridized carbons (Fsp3) is 0.273. The fourth-order valence-corrected chi connectivity index (χ4v) is 1.61. The van der Waals surface area contributed by atoms with E-state index in [4.69, 9.17) is 0 Å². The van der Waals surface area contributed by atoms with Crippen LogP contribution in [0.25, 0.3) is 12.2 Å². The molecule has 0 amide bonds. The summed E-state index contributed by atoms with van der Waals surface area (Å²) in [4.78, 5) is 0. The van der Waals surface area contributed by atoms with E-state index in [0.717, 1.165) is 6.42 Å². The lowest BCUT2D eigenvalue weighted by molar-refractivity contribution is 1.29. The second-order valence-electron chi connectivity index (χ2n) is 3.15. The number of hydrogen-bond donors (Lipinski definition) is 0. The van der Waals surface area contributed by atoms with Gasteiger partial charge in [-0.05, 0) is 41.8 Å². The van der Waals surface area contributed by atoms with E-state index in [-0.39, 0.29) is 0 Å². The van der Waals surface area contributed by atoms with Gasteiger partial charge in [0, 0.05) is 0 Å². The van der Waals surface area contributed by atoms with Gasteiger partial charge in [0.15, 0.2) is 0 Å². The minimum Gasteiger partial charge on any atom is -0.0728 e. The SMILES string of the molecule is Cc1ccc2c(c1C)=CCC=2. The summed E-state index contributed by atoms with van der Waals surface area (Å²) >= 11 is 0. The Labute approximate surface area is 66.9 Å². The molecule has 1 aromatic carbocycles. The molecular weight excluding hydrogens is 132 g/mol. The van der Waals surface area contributed by atoms with E-state index in [1.165, 1.54) is 21.6 Å². The third-order valence-corrected chi connectivity index (χ3v) is 2.48. The summed E-state index contributed by atoms with van der Waals surface area (Å²) in [5, 5.41) is 2.86. The van der Waals surface area contributed by atoms with Gasteiger partial charge < -0.3 is 0 Å². The zero-order chi connectivity index (χ0) is 7.84. The molecule has 11 heavy (non-hydrogen) atoms. The van der Waals surface area contributed by atoms with Gasteiger partial charge in [-0.1, -0.05) is 24.3 Å². The average Bonchev–Trinajstić information content (AvgIpc) is 2.45.